The van der Waals surface area contributed by atoms with E-state index in [2.05, 4.69) is 20.8 Å². The first-order valence-electron chi connectivity index (χ1n) is 6.43. The molecule has 7 heteroatoms. The van der Waals surface area contributed by atoms with Crippen LogP contribution in [0.15, 0.2) is 12.3 Å². The zero-order valence-corrected chi connectivity index (χ0v) is 11.0. The van der Waals surface area contributed by atoms with Gasteiger partial charge in [-0.1, -0.05) is 0 Å². The number of nitrogens with one attached hydrogen (secondary N) is 3. The molecule has 0 atom stereocenters. The summed E-state index contributed by atoms with van der Waals surface area (Å²) in [7, 11) is 0. The highest BCUT2D eigenvalue weighted by molar-refractivity contribution is 5.74. The van der Waals surface area contributed by atoms with Crippen LogP contribution >= 0.6 is 0 Å². The number of amides is 3. The minimum atomic E-state index is -0.184. The van der Waals surface area contributed by atoms with E-state index < -0.39 is 0 Å². The Morgan fingerprint density at radius 2 is 2.21 bits per heavy atom. The number of likely N-dealkylation sites (tertiary alicyclic amines) is 1. The molecule has 0 aromatic carbocycles. The van der Waals surface area contributed by atoms with E-state index in [4.69, 9.17) is 0 Å². The van der Waals surface area contributed by atoms with Crippen LogP contribution in [0.2, 0.25) is 0 Å². The van der Waals surface area contributed by atoms with Gasteiger partial charge in [-0.15, -0.1) is 0 Å². The monoisotopic (exact) mass is 265 g/mol. The van der Waals surface area contributed by atoms with E-state index in [0.29, 0.717) is 19.6 Å². The second-order valence-corrected chi connectivity index (χ2v) is 4.69. The Labute approximate surface area is 111 Å². The van der Waals surface area contributed by atoms with Crippen LogP contribution in [-0.4, -0.2) is 46.2 Å². The van der Waals surface area contributed by atoms with Gasteiger partial charge in [0.05, 0.1) is 12.2 Å². The molecule has 19 heavy (non-hydrogen) atoms. The van der Waals surface area contributed by atoms with Gasteiger partial charge in [-0.2, -0.15) is 5.10 Å². The number of H-pyrrole nitrogens is 1. The summed E-state index contributed by atoms with van der Waals surface area (Å²) in [6, 6.07) is 1.76. The lowest BCUT2D eigenvalue weighted by atomic mass is 10.1. The topological polar surface area (TPSA) is 90.1 Å². The number of aromatic amines is 1. The Hall–Kier alpha value is -2.05. The van der Waals surface area contributed by atoms with Crippen molar-refractivity contribution < 1.29 is 9.59 Å². The van der Waals surface area contributed by atoms with E-state index in [9.17, 15) is 9.59 Å². The van der Waals surface area contributed by atoms with Crippen LogP contribution in [0.4, 0.5) is 4.79 Å². The second kappa shape index (κ2) is 6.21. The quantitative estimate of drug-likeness (QED) is 0.730. The van der Waals surface area contributed by atoms with Crippen molar-refractivity contribution in [3.8, 4) is 0 Å². The fourth-order valence-corrected chi connectivity index (χ4v) is 2.13. The maximum atomic E-state index is 11.7. The maximum absolute atomic E-state index is 11.7. The summed E-state index contributed by atoms with van der Waals surface area (Å²) in [5.74, 6) is 0.0992. The van der Waals surface area contributed by atoms with Gasteiger partial charge in [-0.05, 0) is 18.9 Å². The molecule has 0 saturated carbocycles. The molecular formula is C12H19N5O2. The fraction of sp³-hybridized carbons (Fsp3) is 0.583. The highest BCUT2D eigenvalue weighted by atomic mass is 16.2. The van der Waals surface area contributed by atoms with Gasteiger partial charge in [-0.3, -0.25) is 9.89 Å². The summed E-state index contributed by atoms with van der Waals surface area (Å²) in [5.41, 5.74) is 0.863. The highest BCUT2D eigenvalue weighted by Crippen LogP contribution is 2.10. The fourth-order valence-electron chi connectivity index (χ4n) is 2.13. The molecule has 3 amide bonds. The summed E-state index contributed by atoms with van der Waals surface area (Å²) in [4.78, 5) is 24.7. The molecule has 1 fully saturated rings. The van der Waals surface area contributed by atoms with E-state index >= 15 is 0 Å². The van der Waals surface area contributed by atoms with Crippen molar-refractivity contribution in [2.75, 3.05) is 13.1 Å². The second-order valence-electron chi connectivity index (χ2n) is 4.69. The lowest BCUT2D eigenvalue weighted by Gasteiger charge is -2.31. The lowest BCUT2D eigenvalue weighted by molar-refractivity contribution is -0.129. The molecule has 3 N–H and O–H groups in total. The minimum absolute atomic E-state index is 0.0992. The molecule has 0 unspecified atom stereocenters. The van der Waals surface area contributed by atoms with Gasteiger partial charge in [0, 0.05) is 32.3 Å². The Balaban J connectivity index is 1.67. The first-order valence-corrected chi connectivity index (χ1v) is 6.43. The smallest absolute Gasteiger partial charge is 0.315 e. The molecule has 0 bridgehead atoms. The molecule has 7 nitrogen and oxygen atoms in total. The molecule has 2 rings (SSSR count). The van der Waals surface area contributed by atoms with Crippen LogP contribution in [0.25, 0.3) is 0 Å². The highest BCUT2D eigenvalue weighted by Gasteiger charge is 2.21. The Kier molecular flexibility index (Phi) is 4.38. The average molecular weight is 265 g/mol. The summed E-state index contributed by atoms with van der Waals surface area (Å²) in [6.45, 7) is 3.42. The molecule has 1 aliphatic heterocycles. The van der Waals surface area contributed by atoms with E-state index in [0.717, 1.165) is 18.5 Å². The summed E-state index contributed by atoms with van der Waals surface area (Å²) < 4.78 is 0. The number of hydrogen-bond donors (Lipinski definition) is 3. The number of hydrogen-bond acceptors (Lipinski definition) is 3. The van der Waals surface area contributed by atoms with Crippen molar-refractivity contribution in [2.24, 2.45) is 0 Å². The van der Waals surface area contributed by atoms with Crippen molar-refractivity contribution in [3.05, 3.63) is 18.0 Å². The number of nitrogens with zero attached hydrogens (tertiary/aromatic N) is 2. The summed E-state index contributed by atoms with van der Waals surface area (Å²) >= 11 is 0. The SMILES string of the molecule is CC(=O)N1CCC(NC(=O)NCc2ccn[nH]2)CC1. The van der Waals surface area contributed by atoms with Crippen molar-refractivity contribution in [1.29, 1.82) is 0 Å². The number of aromatic nitrogens is 2. The molecule has 1 aliphatic rings. The van der Waals surface area contributed by atoms with E-state index in [1.54, 1.807) is 18.0 Å². The lowest BCUT2D eigenvalue weighted by Crippen LogP contribution is -2.48. The number of carbonyl (C=O) groups is 2. The van der Waals surface area contributed by atoms with Gasteiger partial charge in [0.1, 0.15) is 0 Å². The maximum Gasteiger partial charge on any atom is 0.315 e. The van der Waals surface area contributed by atoms with Gasteiger partial charge < -0.3 is 15.5 Å². The summed E-state index contributed by atoms with van der Waals surface area (Å²) in [5, 5.41) is 12.3. The van der Waals surface area contributed by atoms with Gasteiger partial charge in [0.15, 0.2) is 0 Å². The molecule has 0 spiro atoms. The van der Waals surface area contributed by atoms with Crippen molar-refractivity contribution >= 4 is 11.9 Å². The number of piperidine rings is 1. The van der Waals surface area contributed by atoms with Crippen molar-refractivity contribution in [1.82, 2.24) is 25.7 Å². The molecule has 104 valence electrons. The molecule has 1 aromatic rings. The molecule has 0 radical (unpaired) electrons. The van der Waals surface area contributed by atoms with Crippen molar-refractivity contribution in [3.63, 3.8) is 0 Å². The van der Waals surface area contributed by atoms with Crippen LogP contribution in [0.5, 0.6) is 0 Å². The molecule has 2 heterocycles. The largest absolute Gasteiger partial charge is 0.343 e. The third-order valence-electron chi connectivity index (χ3n) is 3.27. The normalized spacial score (nSPS) is 16.2. The third-order valence-corrected chi connectivity index (χ3v) is 3.27. The predicted molar refractivity (Wildman–Crippen MR) is 69.2 cm³/mol. The van der Waals surface area contributed by atoms with Gasteiger partial charge in [0.2, 0.25) is 5.91 Å². The number of rotatable bonds is 3. The molecule has 0 aliphatic carbocycles. The molecular weight excluding hydrogens is 246 g/mol. The molecule has 1 saturated heterocycles. The molecule has 1 aromatic heterocycles. The van der Waals surface area contributed by atoms with E-state index in [-0.39, 0.29) is 18.0 Å². The van der Waals surface area contributed by atoms with Gasteiger partial charge in [-0.25, -0.2) is 4.79 Å². The zero-order chi connectivity index (χ0) is 13.7. The Bertz CT molecular complexity index is 423. The number of urea groups is 1. The van der Waals surface area contributed by atoms with E-state index in [1.807, 2.05) is 6.07 Å². The van der Waals surface area contributed by atoms with Crippen molar-refractivity contribution in [2.45, 2.75) is 32.4 Å². The van der Waals surface area contributed by atoms with E-state index in [1.165, 1.54) is 0 Å². The first-order chi connectivity index (χ1) is 9.15. The van der Waals surface area contributed by atoms with Crippen LogP contribution in [-0.2, 0) is 11.3 Å². The van der Waals surface area contributed by atoms with Crippen LogP contribution in [0.1, 0.15) is 25.5 Å². The first kappa shape index (κ1) is 13.4. The Morgan fingerprint density at radius 1 is 1.47 bits per heavy atom. The van der Waals surface area contributed by atoms with Gasteiger partial charge >= 0.3 is 6.03 Å². The minimum Gasteiger partial charge on any atom is -0.343 e. The standard InChI is InChI=1S/C12H19N5O2/c1-9(18)17-6-3-10(4-7-17)15-12(19)13-8-11-2-5-14-16-11/h2,5,10H,3-4,6-8H2,1H3,(H,14,16)(H2,13,15,19). The number of carbonyl (C=O) groups excluding carboxylic acids is 2. The zero-order valence-electron chi connectivity index (χ0n) is 11.0. The van der Waals surface area contributed by atoms with Gasteiger partial charge in [0.25, 0.3) is 0 Å². The van der Waals surface area contributed by atoms with Crippen LogP contribution in [0, 0.1) is 0 Å². The Morgan fingerprint density at radius 3 is 2.79 bits per heavy atom. The van der Waals surface area contributed by atoms with Crippen LogP contribution < -0.4 is 10.6 Å². The third kappa shape index (κ3) is 3.97. The van der Waals surface area contributed by atoms with Crippen LogP contribution in [0.3, 0.4) is 0 Å². The summed E-state index contributed by atoms with van der Waals surface area (Å²) in [6.07, 6.45) is 3.25. The average Bonchev–Trinajstić information content (AvgIpc) is 2.90. The predicted octanol–water partition coefficient (Wildman–Crippen LogP) is 0.220.